The van der Waals surface area contributed by atoms with E-state index < -0.39 is 5.91 Å². The fourth-order valence-corrected chi connectivity index (χ4v) is 3.93. The van der Waals surface area contributed by atoms with Crippen LogP contribution in [0.1, 0.15) is 49.7 Å². The van der Waals surface area contributed by atoms with Crippen LogP contribution in [0.25, 0.3) is 0 Å². The van der Waals surface area contributed by atoms with Crippen LogP contribution in [0.3, 0.4) is 0 Å². The molecule has 1 saturated heterocycles. The van der Waals surface area contributed by atoms with E-state index in [4.69, 9.17) is 25.8 Å². The van der Waals surface area contributed by atoms with Gasteiger partial charge in [-0.15, -0.1) is 0 Å². The Labute approximate surface area is 188 Å². The number of ether oxygens (including phenoxy) is 3. The molecular formula is C23H32ClN3O4. The summed E-state index contributed by atoms with van der Waals surface area (Å²) in [6.45, 7) is 8.60. The predicted molar refractivity (Wildman–Crippen MR) is 120 cm³/mol. The lowest BCUT2D eigenvalue weighted by molar-refractivity contribution is 0.0885. The van der Waals surface area contributed by atoms with Crippen LogP contribution in [0.15, 0.2) is 29.3 Å². The summed E-state index contributed by atoms with van der Waals surface area (Å²) in [6.07, 6.45) is 2.18. The van der Waals surface area contributed by atoms with Gasteiger partial charge < -0.3 is 14.2 Å². The van der Waals surface area contributed by atoms with Gasteiger partial charge >= 0.3 is 0 Å². The second-order valence-electron chi connectivity index (χ2n) is 8.78. The second-order valence-corrected chi connectivity index (χ2v) is 9.21. The standard InChI is InChI=1S/C23H32ClN3O4/c1-23(2,3)20-14-21(27(26(20)4)15-17-7-6-10-30-17)25-22(28)18-13-16(24)8-9-19(18)31-12-11-29-5/h8-9,13-14,17H,6-7,10-12,15H2,1-5H3/b25-21-/t17-/m1/s1. The summed E-state index contributed by atoms with van der Waals surface area (Å²) >= 11 is 6.16. The van der Waals surface area contributed by atoms with Crippen molar-refractivity contribution in [3.05, 3.63) is 46.0 Å². The Bertz CT molecular complexity index is 982. The maximum atomic E-state index is 13.2. The van der Waals surface area contributed by atoms with Crippen LogP contribution in [0.2, 0.25) is 5.02 Å². The van der Waals surface area contributed by atoms with Crippen molar-refractivity contribution in [2.45, 2.75) is 51.7 Å². The number of hydrogen-bond acceptors (Lipinski definition) is 4. The highest BCUT2D eigenvalue weighted by Crippen LogP contribution is 2.25. The van der Waals surface area contributed by atoms with Gasteiger partial charge in [0.1, 0.15) is 12.4 Å². The van der Waals surface area contributed by atoms with Gasteiger partial charge in [0.25, 0.3) is 5.91 Å². The first-order valence-electron chi connectivity index (χ1n) is 10.6. The van der Waals surface area contributed by atoms with Crippen molar-refractivity contribution in [2.75, 3.05) is 26.9 Å². The number of aromatic nitrogens is 2. The van der Waals surface area contributed by atoms with E-state index in [-0.39, 0.29) is 11.5 Å². The van der Waals surface area contributed by atoms with Gasteiger partial charge in [0.2, 0.25) is 0 Å². The number of halogens is 1. The molecule has 0 unspecified atom stereocenters. The molecule has 1 aliphatic heterocycles. The van der Waals surface area contributed by atoms with Gasteiger partial charge in [-0.1, -0.05) is 32.4 Å². The molecule has 0 saturated carbocycles. The smallest absolute Gasteiger partial charge is 0.282 e. The molecule has 1 aromatic carbocycles. The van der Waals surface area contributed by atoms with E-state index in [1.807, 2.05) is 17.8 Å². The van der Waals surface area contributed by atoms with Gasteiger partial charge in [-0.05, 0) is 31.0 Å². The van der Waals surface area contributed by atoms with Crippen LogP contribution < -0.4 is 10.2 Å². The Kier molecular flexibility index (Phi) is 7.62. The van der Waals surface area contributed by atoms with E-state index in [1.54, 1.807) is 25.3 Å². The minimum atomic E-state index is -0.401. The molecule has 3 rings (SSSR count). The molecule has 2 heterocycles. The summed E-state index contributed by atoms with van der Waals surface area (Å²) in [5, 5.41) is 0.452. The lowest BCUT2D eigenvalue weighted by atomic mass is 9.92. The number of nitrogens with zero attached hydrogens (tertiary/aromatic N) is 3. The first kappa shape index (κ1) is 23.6. The summed E-state index contributed by atoms with van der Waals surface area (Å²) in [5.74, 6) is 0.0370. The first-order valence-corrected chi connectivity index (χ1v) is 11.0. The van der Waals surface area contributed by atoms with Crippen molar-refractivity contribution >= 4 is 17.5 Å². The van der Waals surface area contributed by atoms with E-state index in [1.165, 1.54) is 0 Å². The number of hydrogen-bond donors (Lipinski definition) is 0. The molecule has 8 heteroatoms. The maximum Gasteiger partial charge on any atom is 0.282 e. The van der Waals surface area contributed by atoms with E-state index in [0.717, 1.165) is 25.1 Å². The molecule has 1 fully saturated rings. The maximum absolute atomic E-state index is 13.2. The third kappa shape index (κ3) is 5.79. The molecule has 0 spiro atoms. The quantitative estimate of drug-likeness (QED) is 0.604. The zero-order chi connectivity index (χ0) is 22.6. The summed E-state index contributed by atoms with van der Waals surface area (Å²) in [4.78, 5) is 17.7. The molecule has 0 radical (unpaired) electrons. The lowest BCUT2D eigenvalue weighted by Gasteiger charge is -2.21. The Hall–Kier alpha value is -2.09. The highest BCUT2D eigenvalue weighted by molar-refractivity contribution is 6.31. The van der Waals surface area contributed by atoms with Gasteiger partial charge in [0.15, 0.2) is 5.49 Å². The zero-order valence-electron chi connectivity index (χ0n) is 19.0. The van der Waals surface area contributed by atoms with Crippen molar-refractivity contribution in [2.24, 2.45) is 12.0 Å². The largest absolute Gasteiger partial charge is 0.490 e. The van der Waals surface area contributed by atoms with Crippen LogP contribution in [-0.4, -0.2) is 48.3 Å². The van der Waals surface area contributed by atoms with Gasteiger partial charge in [0, 0.05) is 43.0 Å². The Morgan fingerprint density at radius 1 is 1.29 bits per heavy atom. The molecule has 0 bridgehead atoms. The van der Waals surface area contributed by atoms with Crippen LogP contribution >= 0.6 is 11.6 Å². The first-order chi connectivity index (χ1) is 14.7. The van der Waals surface area contributed by atoms with E-state index in [9.17, 15) is 4.79 Å². The SMILES string of the molecule is COCCOc1ccc(Cl)cc1C(=O)/N=c1/cc(C(C)(C)C)n(C)n1C[C@H]1CCCO1. The Balaban J connectivity index is 2.02. The third-order valence-electron chi connectivity index (χ3n) is 5.34. The number of amides is 1. The van der Waals surface area contributed by atoms with E-state index >= 15 is 0 Å². The monoisotopic (exact) mass is 449 g/mol. The van der Waals surface area contributed by atoms with E-state index in [0.29, 0.717) is 41.6 Å². The van der Waals surface area contributed by atoms with Crippen molar-refractivity contribution in [3.8, 4) is 5.75 Å². The molecule has 7 nitrogen and oxygen atoms in total. The molecule has 1 aliphatic rings. The van der Waals surface area contributed by atoms with Crippen molar-refractivity contribution < 1.29 is 19.0 Å². The minimum Gasteiger partial charge on any atom is -0.490 e. The highest BCUT2D eigenvalue weighted by Gasteiger charge is 2.24. The third-order valence-corrected chi connectivity index (χ3v) is 5.58. The van der Waals surface area contributed by atoms with Crippen molar-refractivity contribution in [1.82, 2.24) is 9.36 Å². The van der Waals surface area contributed by atoms with Crippen LogP contribution in [0.5, 0.6) is 5.75 Å². The fourth-order valence-electron chi connectivity index (χ4n) is 3.76. The van der Waals surface area contributed by atoms with Crippen LogP contribution in [-0.2, 0) is 28.5 Å². The van der Waals surface area contributed by atoms with Gasteiger partial charge in [-0.25, -0.2) is 0 Å². The Morgan fingerprint density at radius 3 is 2.71 bits per heavy atom. The van der Waals surface area contributed by atoms with Crippen LogP contribution in [0, 0.1) is 0 Å². The summed E-state index contributed by atoms with van der Waals surface area (Å²) in [6, 6.07) is 6.95. The highest BCUT2D eigenvalue weighted by atomic mass is 35.5. The van der Waals surface area contributed by atoms with Crippen molar-refractivity contribution in [1.29, 1.82) is 0 Å². The molecule has 0 N–H and O–H groups in total. The predicted octanol–water partition coefficient (Wildman–Crippen LogP) is 3.72. The molecule has 1 amide bonds. The number of carbonyl (C=O) groups excluding carboxylic acids is 1. The molecular weight excluding hydrogens is 418 g/mol. The van der Waals surface area contributed by atoms with Gasteiger partial charge in [0.05, 0.1) is 24.8 Å². The fraction of sp³-hybridized carbons (Fsp3) is 0.565. The molecule has 1 atom stereocenters. The average Bonchev–Trinajstić information content (AvgIpc) is 3.32. The normalized spacial score (nSPS) is 17.4. The van der Waals surface area contributed by atoms with Crippen molar-refractivity contribution in [3.63, 3.8) is 0 Å². The lowest BCUT2D eigenvalue weighted by Crippen LogP contribution is -2.30. The van der Waals surface area contributed by atoms with Gasteiger partial charge in [-0.3, -0.25) is 14.2 Å². The summed E-state index contributed by atoms with van der Waals surface area (Å²) < 4.78 is 20.7. The summed E-state index contributed by atoms with van der Waals surface area (Å²) in [7, 11) is 3.60. The summed E-state index contributed by atoms with van der Waals surface area (Å²) in [5.41, 5.74) is 1.90. The molecule has 170 valence electrons. The number of carbonyl (C=O) groups is 1. The molecule has 2 aromatic rings. The number of benzene rings is 1. The topological polar surface area (TPSA) is 67.0 Å². The zero-order valence-corrected chi connectivity index (χ0v) is 19.7. The number of methoxy groups -OCH3 is 1. The van der Waals surface area contributed by atoms with Crippen LogP contribution in [0.4, 0.5) is 0 Å². The average molecular weight is 450 g/mol. The number of rotatable bonds is 7. The minimum absolute atomic E-state index is 0.103. The molecule has 0 aliphatic carbocycles. The Morgan fingerprint density at radius 2 is 2.06 bits per heavy atom. The van der Waals surface area contributed by atoms with E-state index in [2.05, 4.69) is 30.4 Å². The second kappa shape index (κ2) is 10.0. The molecule has 1 aromatic heterocycles. The molecule has 31 heavy (non-hydrogen) atoms. The van der Waals surface area contributed by atoms with Gasteiger partial charge in [-0.2, -0.15) is 4.99 Å².